The van der Waals surface area contributed by atoms with Crippen LogP contribution in [0.25, 0.3) is 0 Å². The molecule has 1 aliphatic rings. The van der Waals surface area contributed by atoms with Crippen molar-refractivity contribution in [3.8, 4) is 0 Å². The lowest BCUT2D eigenvalue weighted by Gasteiger charge is -2.36. The molecule has 0 saturated carbocycles. The van der Waals surface area contributed by atoms with Gasteiger partial charge in [0.2, 0.25) is 5.91 Å². The zero-order chi connectivity index (χ0) is 18.4. The highest BCUT2D eigenvalue weighted by molar-refractivity contribution is 5.84. The number of hydrogen-bond acceptors (Lipinski definition) is 6. The number of para-hydroxylation sites is 2. The molecule has 0 radical (unpaired) electrons. The Hall–Kier alpha value is -2.94. The van der Waals surface area contributed by atoms with Gasteiger partial charge in [0.05, 0.1) is 4.92 Å². The minimum Gasteiger partial charge on any atom is -0.378 e. The molecule has 1 aliphatic heterocycles. The smallest absolute Gasteiger partial charge is 0.292 e. The van der Waals surface area contributed by atoms with Crippen LogP contribution in [0.15, 0.2) is 42.7 Å². The monoisotopic (exact) mass is 358 g/mol. The normalized spacial score (nSPS) is 16.0. The molecule has 2 heterocycles. The van der Waals surface area contributed by atoms with Gasteiger partial charge in [-0.25, -0.2) is 0 Å². The van der Waals surface area contributed by atoms with Gasteiger partial charge in [0.25, 0.3) is 5.69 Å². The highest BCUT2D eigenvalue weighted by Crippen LogP contribution is 2.27. The Kier molecular flexibility index (Phi) is 5.47. The third-order valence-electron chi connectivity index (χ3n) is 4.62. The molecule has 0 atom stereocenters. The van der Waals surface area contributed by atoms with Gasteiger partial charge in [0.1, 0.15) is 11.2 Å². The van der Waals surface area contributed by atoms with Crippen molar-refractivity contribution >= 4 is 17.3 Å². The fourth-order valence-corrected chi connectivity index (χ4v) is 3.24. The van der Waals surface area contributed by atoms with E-state index in [0.717, 1.165) is 13.1 Å². The highest BCUT2D eigenvalue weighted by atomic mass is 16.6. The Morgan fingerprint density at radius 3 is 2.73 bits per heavy atom. The van der Waals surface area contributed by atoms with Gasteiger partial charge in [-0.15, -0.1) is 0 Å². The lowest BCUT2D eigenvalue weighted by molar-refractivity contribution is -0.384. The Morgan fingerprint density at radius 1 is 1.27 bits per heavy atom. The van der Waals surface area contributed by atoms with Crippen LogP contribution in [-0.2, 0) is 10.3 Å². The van der Waals surface area contributed by atoms with Gasteiger partial charge >= 0.3 is 0 Å². The molecule has 26 heavy (non-hydrogen) atoms. The number of rotatable bonds is 7. The molecule has 1 aromatic heterocycles. The number of nitro benzene ring substituents is 1. The van der Waals surface area contributed by atoms with Crippen molar-refractivity contribution in [3.63, 3.8) is 0 Å². The minimum atomic E-state index is -0.687. The summed E-state index contributed by atoms with van der Waals surface area (Å²) >= 11 is 0. The van der Waals surface area contributed by atoms with Crippen LogP contribution in [0.2, 0.25) is 0 Å². The number of carbonyl (C=O) groups is 1. The van der Waals surface area contributed by atoms with E-state index in [4.69, 9.17) is 0 Å². The van der Waals surface area contributed by atoms with Crippen molar-refractivity contribution in [2.24, 2.45) is 0 Å². The Morgan fingerprint density at radius 2 is 2.04 bits per heavy atom. The van der Waals surface area contributed by atoms with Gasteiger partial charge in [-0.1, -0.05) is 12.1 Å². The number of benzene rings is 1. The first kappa shape index (κ1) is 17.9. The molecule has 2 aromatic rings. The first-order valence-electron chi connectivity index (χ1n) is 8.60. The second kappa shape index (κ2) is 7.96. The van der Waals surface area contributed by atoms with E-state index >= 15 is 0 Å². The number of amides is 1. The van der Waals surface area contributed by atoms with Crippen molar-refractivity contribution in [2.75, 3.05) is 31.5 Å². The van der Waals surface area contributed by atoms with Crippen LogP contribution in [0.4, 0.5) is 11.4 Å². The fraction of sp³-hybridized carbons (Fsp3) is 0.412. The van der Waals surface area contributed by atoms with Gasteiger partial charge in [-0.05, 0) is 38.1 Å². The van der Waals surface area contributed by atoms with E-state index in [1.807, 2.05) is 12.3 Å². The summed E-state index contributed by atoms with van der Waals surface area (Å²) in [6, 6.07) is 8.26. The van der Waals surface area contributed by atoms with Crippen molar-refractivity contribution in [2.45, 2.75) is 18.4 Å². The third kappa shape index (κ3) is 3.67. The third-order valence-corrected chi connectivity index (χ3v) is 4.62. The molecule has 0 bridgehead atoms. The maximum absolute atomic E-state index is 12.9. The van der Waals surface area contributed by atoms with E-state index in [9.17, 15) is 14.9 Å². The molecule has 1 amide bonds. The highest BCUT2D eigenvalue weighted by Gasteiger charge is 2.41. The second-order valence-electron chi connectivity index (χ2n) is 6.19. The predicted molar refractivity (Wildman–Crippen MR) is 96.9 cm³/mol. The molecule has 3 N–H and O–H groups in total. The van der Waals surface area contributed by atoms with Gasteiger partial charge in [-0.2, -0.15) is 5.10 Å². The number of aromatic nitrogens is 2. The van der Waals surface area contributed by atoms with Crippen molar-refractivity contribution in [1.82, 2.24) is 20.4 Å². The molecule has 1 fully saturated rings. The van der Waals surface area contributed by atoms with Crippen LogP contribution in [-0.4, -0.2) is 46.8 Å². The van der Waals surface area contributed by atoms with Crippen LogP contribution in [0, 0.1) is 10.1 Å². The summed E-state index contributed by atoms with van der Waals surface area (Å²) in [5.74, 6) is -0.0768. The van der Waals surface area contributed by atoms with E-state index in [1.54, 1.807) is 29.1 Å². The average molecular weight is 358 g/mol. The van der Waals surface area contributed by atoms with E-state index in [1.165, 1.54) is 6.07 Å². The molecular formula is C17H22N6O3. The zero-order valence-electron chi connectivity index (χ0n) is 14.4. The zero-order valence-corrected chi connectivity index (χ0v) is 14.4. The molecule has 1 saturated heterocycles. The molecule has 0 aliphatic carbocycles. The summed E-state index contributed by atoms with van der Waals surface area (Å²) in [6.45, 7) is 2.26. The van der Waals surface area contributed by atoms with E-state index in [-0.39, 0.29) is 11.6 Å². The van der Waals surface area contributed by atoms with Gasteiger partial charge in [-0.3, -0.25) is 19.6 Å². The predicted octanol–water partition coefficient (Wildman–Crippen LogP) is 1.10. The number of nitrogens with zero attached hydrogens (tertiary/aromatic N) is 3. The van der Waals surface area contributed by atoms with Crippen molar-refractivity contribution < 1.29 is 9.72 Å². The van der Waals surface area contributed by atoms with Gasteiger partial charge < -0.3 is 16.0 Å². The lowest BCUT2D eigenvalue weighted by Crippen LogP contribution is -2.55. The van der Waals surface area contributed by atoms with Crippen LogP contribution in [0.3, 0.4) is 0 Å². The largest absolute Gasteiger partial charge is 0.378 e. The van der Waals surface area contributed by atoms with Gasteiger partial charge in [0, 0.05) is 31.5 Å². The Balaban J connectivity index is 1.59. The van der Waals surface area contributed by atoms with Crippen molar-refractivity contribution in [1.29, 1.82) is 0 Å². The molecule has 1 aromatic carbocycles. The van der Waals surface area contributed by atoms with Crippen LogP contribution in [0.5, 0.6) is 0 Å². The lowest BCUT2D eigenvalue weighted by atomic mass is 9.87. The number of nitro groups is 1. The summed E-state index contributed by atoms with van der Waals surface area (Å²) in [7, 11) is 0. The standard InChI is InChI=1S/C17H22N6O3/c24-16(17(6-9-18-10-7-17)22-13-3-8-21-22)20-12-11-19-14-4-1-2-5-15(14)23(25)26/h1-5,8,13,18-19H,6-7,9-12H2,(H,20,24). The number of anilines is 1. The maximum Gasteiger partial charge on any atom is 0.292 e. The van der Waals surface area contributed by atoms with Crippen LogP contribution in [0.1, 0.15) is 12.8 Å². The summed E-state index contributed by atoms with van der Waals surface area (Å²) in [5, 5.41) is 24.5. The average Bonchev–Trinajstić information content (AvgIpc) is 3.21. The number of carbonyl (C=O) groups excluding carboxylic acids is 1. The molecule has 9 heteroatoms. The van der Waals surface area contributed by atoms with Crippen molar-refractivity contribution in [3.05, 3.63) is 52.8 Å². The number of nitrogens with one attached hydrogen (secondary N) is 3. The SMILES string of the molecule is O=C(NCCNc1ccccc1[N+](=O)[O-])C1(n2cccn2)CCNCC1. The van der Waals surface area contributed by atoms with E-state index < -0.39 is 10.5 Å². The molecular weight excluding hydrogens is 336 g/mol. The maximum atomic E-state index is 12.9. The quantitative estimate of drug-likeness (QED) is 0.388. The van der Waals surface area contributed by atoms with E-state index in [2.05, 4.69) is 21.0 Å². The molecule has 3 rings (SSSR count). The molecule has 138 valence electrons. The molecule has 0 unspecified atom stereocenters. The van der Waals surface area contributed by atoms with Crippen LogP contribution >= 0.6 is 0 Å². The molecule has 9 nitrogen and oxygen atoms in total. The summed E-state index contributed by atoms with van der Waals surface area (Å²) in [6.07, 6.45) is 4.82. The summed E-state index contributed by atoms with van der Waals surface area (Å²) in [4.78, 5) is 23.5. The van der Waals surface area contributed by atoms with E-state index in [0.29, 0.717) is 31.6 Å². The number of hydrogen-bond donors (Lipinski definition) is 3. The fourth-order valence-electron chi connectivity index (χ4n) is 3.24. The van der Waals surface area contributed by atoms with Crippen LogP contribution < -0.4 is 16.0 Å². The Bertz CT molecular complexity index is 756. The number of piperidine rings is 1. The second-order valence-corrected chi connectivity index (χ2v) is 6.19. The summed E-state index contributed by atoms with van der Waals surface area (Å²) < 4.78 is 1.73. The topological polar surface area (TPSA) is 114 Å². The molecule has 0 spiro atoms. The first-order valence-corrected chi connectivity index (χ1v) is 8.60. The van der Waals surface area contributed by atoms with Gasteiger partial charge in [0.15, 0.2) is 0 Å². The Labute approximate surface area is 150 Å². The minimum absolute atomic E-state index is 0.0187. The summed E-state index contributed by atoms with van der Waals surface area (Å²) in [5.41, 5.74) is -0.228. The first-order chi connectivity index (χ1) is 12.6.